The minimum atomic E-state index is -0.173. The van der Waals surface area contributed by atoms with Crippen molar-refractivity contribution in [3.8, 4) is 0 Å². The smallest absolute Gasteiger partial charge is 0.291 e. The van der Waals surface area contributed by atoms with Gasteiger partial charge in [0.25, 0.3) is 5.56 Å². The van der Waals surface area contributed by atoms with E-state index in [4.69, 9.17) is 4.98 Å². The molecule has 2 atom stereocenters. The van der Waals surface area contributed by atoms with Gasteiger partial charge in [0, 0.05) is 25.1 Å². The molecule has 3 N–H and O–H groups in total. The molecule has 4 heterocycles. The Morgan fingerprint density at radius 2 is 2.15 bits per heavy atom. The van der Waals surface area contributed by atoms with Crippen LogP contribution in [-0.2, 0) is 20.0 Å². The fraction of sp³-hybridized carbons (Fsp3) is 0.435. The molecule has 0 amide bonds. The molecular formula is C23H28FN7OS. The van der Waals surface area contributed by atoms with E-state index >= 15 is 4.39 Å². The molecule has 10 heteroatoms. The van der Waals surface area contributed by atoms with Gasteiger partial charge < -0.3 is 15.4 Å². The molecule has 1 aliphatic carbocycles. The number of thiazole rings is 1. The Labute approximate surface area is 194 Å². The standard InChI is InChI=1S/C23H28FN7OS/c1-5-14-6-12(2)13(3)7-18(24)16(14)8-19-27-22-21(33-19)17-10-26-31(11-15-9-25-29-28-15)23(32)20(17)30(22)4/h7,9-10,12-13,25,28-29H,5-6,8,11H2,1-4H3. The maximum Gasteiger partial charge on any atom is 0.291 e. The van der Waals surface area contributed by atoms with E-state index < -0.39 is 0 Å². The summed E-state index contributed by atoms with van der Waals surface area (Å²) in [6.07, 6.45) is 7.44. The molecule has 1 aliphatic heterocycles. The van der Waals surface area contributed by atoms with Crippen LogP contribution in [0, 0.1) is 11.8 Å². The van der Waals surface area contributed by atoms with Crippen molar-refractivity contribution in [2.75, 3.05) is 0 Å². The number of halogens is 1. The summed E-state index contributed by atoms with van der Waals surface area (Å²) in [5.74, 6) is 0.507. The quantitative estimate of drug-likeness (QED) is 0.529. The van der Waals surface area contributed by atoms with E-state index in [-0.39, 0.29) is 17.3 Å². The lowest BCUT2D eigenvalue weighted by Gasteiger charge is -2.16. The van der Waals surface area contributed by atoms with Crippen LogP contribution in [0.15, 0.2) is 45.9 Å². The van der Waals surface area contributed by atoms with Gasteiger partial charge in [0.2, 0.25) is 0 Å². The highest BCUT2D eigenvalue weighted by Gasteiger charge is 2.24. The van der Waals surface area contributed by atoms with Gasteiger partial charge in [0.05, 0.1) is 23.1 Å². The first kappa shape index (κ1) is 21.8. The van der Waals surface area contributed by atoms with E-state index in [1.807, 2.05) is 11.6 Å². The number of nitrogens with one attached hydrogen (secondary N) is 3. The third-order valence-electron chi connectivity index (χ3n) is 6.78. The molecule has 33 heavy (non-hydrogen) atoms. The van der Waals surface area contributed by atoms with E-state index in [1.54, 1.807) is 18.5 Å². The fourth-order valence-electron chi connectivity index (χ4n) is 4.62. The average Bonchev–Trinajstić information content (AvgIpc) is 3.49. The van der Waals surface area contributed by atoms with Gasteiger partial charge in [0.1, 0.15) is 16.4 Å². The molecule has 0 fully saturated rings. The van der Waals surface area contributed by atoms with Crippen molar-refractivity contribution in [2.45, 2.75) is 46.6 Å². The Morgan fingerprint density at radius 3 is 2.88 bits per heavy atom. The molecule has 3 aromatic heterocycles. The predicted molar refractivity (Wildman–Crippen MR) is 129 cm³/mol. The van der Waals surface area contributed by atoms with Gasteiger partial charge in [-0.2, -0.15) is 10.6 Å². The minimum absolute atomic E-state index is 0.115. The summed E-state index contributed by atoms with van der Waals surface area (Å²) >= 11 is 1.52. The van der Waals surface area contributed by atoms with E-state index in [0.717, 1.165) is 44.9 Å². The van der Waals surface area contributed by atoms with Gasteiger partial charge >= 0.3 is 0 Å². The maximum absolute atomic E-state index is 15.1. The summed E-state index contributed by atoms with van der Waals surface area (Å²) < 4.78 is 19.3. The fourth-order valence-corrected chi connectivity index (χ4v) is 5.74. The second kappa shape index (κ2) is 8.42. The van der Waals surface area contributed by atoms with Gasteiger partial charge in [0.15, 0.2) is 5.65 Å². The number of aryl methyl sites for hydroxylation is 1. The Kier molecular flexibility index (Phi) is 5.57. The molecule has 0 radical (unpaired) electrons. The Hall–Kier alpha value is -2.98. The van der Waals surface area contributed by atoms with Gasteiger partial charge in [-0.15, -0.1) is 11.3 Å². The summed E-state index contributed by atoms with van der Waals surface area (Å²) in [6, 6.07) is 0. The second-order valence-corrected chi connectivity index (χ2v) is 10.0. The van der Waals surface area contributed by atoms with E-state index in [1.165, 1.54) is 21.6 Å². The molecular weight excluding hydrogens is 441 g/mol. The monoisotopic (exact) mass is 469 g/mol. The first-order valence-corrected chi connectivity index (χ1v) is 12.1. The SMILES string of the molecule is CCC1=C(Cc2nc3c(s2)c2cnn(CC4=CNNN4)c(=O)c2n3C)C(F)=CC(C)C(C)C1. The number of hydrazine groups is 2. The zero-order valence-corrected chi connectivity index (χ0v) is 20.0. The number of rotatable bonds is 5. The van der Waals surface area contributed by atoms with Crippen molar-refractivity contribution < 1.29 is 4.39 Å². The van der Waals surface area contributed by atoms with Crippen LogP contribution in [0.5, 0.6) is 0 Å². The summed E-state index contributed by atoms with van der Waals surface area (Å²) in [5, 5.41) is 6.02. The highest BCUT2D eigenvalue weighted by molar-refractivity contribution is 7.19. The van der Waals surface area contributed by atoms with Crippen molar-refractivity contribution in [1.29, 1.82) is 0 Å². The normalized spacial score (nSPS) is 21.2. The van der Waals surface area contributed by atoms with Crippen molar-refractivity contribution in [1.82, 2.24) is 35.7 Å². The first-order chi connectivity index (χ1) is 15.9. The Balaban J connectivity index is 1.54. The van der Waals surface area contributed by atoms with Gasteiger partial charge in [-0.05, 0) is 36.3 Å². The first-order valence-electron chi connectivity index (χ1n) is 11.3. The summed E-state index contributed by atoms with van der Waals surface area (Å²) in [4.78, 5) is 18.0. The number of allylic oxidation sites excluding steroid dienone is 5. The highest BCUT2D eigenvalue weighted by atomic mass is 32.1. The number of hydrogen-bond acceptors (Lipinski definition) is 7. The lowest BCUT2D eigenvalue weighted by molar-refractivity contribution is 0.452. The van der Waals surface area contributed by atoms with Crippen LogP contribution in [0.25, 0.3) is 21.3 Å². The molecule has 0 spiro atoms. The molecule has 174 valence electrons. The van der Waals surface area contributed by atoms with Crippen LogP contribution in [0.1, 0.15) is 38.6 Å². The van der Waals surface area contributed by atoms with Crippen molar-refractivity contribution in [3.05, 3.63) is 56.5 Å². The molecule has 0 bridgehead atoms. The van der Waals surface area contributed by atoms with E-state index in [0.29, 0.717) is 24.4 Å². The summed E-state index contributed by atoms with van der Waals surface area (Å²) in [5.41, 5.74) is 12.4. The molecule has 0 saturated heterocycles. The second-order valence-electron chi connectivity index (χ2n) is 8.92. The van der Waals surface area contributed by atoms with E-state index in [2.05, 4.69) is 42.3 Å². The molecule has 2 unspecified atom stereocenters. The predicted octanol–water partition coefficient (Wildman–Crippen LogP) is 3.58. The molecule has 5 rings (SSSR count). The maximum atomic E-state index is 15.1. The third kappa shape index (κ3) is 3.76. The minimum Gasteiger partial charge on any atom is -0.323 e. The topological polar surface area (TPSA) is 88.8 Å². The third-order valence-corrected chi connectivity index (χ3v) is 7.85. The van der Waals surface area contributed by atoms with Crippen LogP contribution < -0.4 is 21.9 Å². The van der Waals surface area contributed by atoms with E-state index in [9.17, 15) is 4.79 Å². The average molecular weight is 470 g/mol. The summed E-state index contributed by atoms with van der Waals surface area (Å²) in [7, 11) is 1.85. The number of aromatic nitrogens is 4. The Bertz CT molecular complexity index is 1390. The number of nitrogens with zero attached hydrogens (tertiary/aromatic N) is 4. The molecule has 2 aliphatic rings. The van der Waals surface area contributed by atoms with Crippen LogP contribution in [0.4, 0.5) is 4.39 Å². The molecule has 3 aromatic rings. The Morgan fingerprint density at radius 1 is 1.33 bits per heavy atom. The van der Waals surface area contributed by atoms with Gasteiger partial charge in [-0.3, -0.25) is 4.79 Å². The lowest BCUT2D eigenvalue weighted by Crippen LogP contribution is -2.34. The molecule has 8 nitrogen and oxygen atoms in total. The lowest BCUT2D eigenvalue weighted by atomic mass is 9.89. The number of fused-ring (bicyclic) bond motifs is 3. The van der Waals surface area contributed by atoms with Crippen LogP contribution in [-0.4, -0.2) is 19.3 Å². The van der Waals surface area contributed by atoms with Crippen molar-refractivity contribution in [2.24, 2.45) is 18.9 Å². The zero-order valence-electron chi connectivity index (χ0n) is 19.2. The largest absolute Gasteiger partial charge is 0.323 e. The summed E-state index contributed by atoms with van der Waals surface area (Å²) in [6.45, 7) is 6.68. The molecule has 0 aromatic carbocycles. The van der Waals surface area contributed by atoms with Crippen molar-refractivity contribution in [3.63, 3.8) is 0 Å². The van der Waals surface area contributed by atoms with Crippen LogP contribution in [0.3, 0.4) is 0 Å². The van der Waals surface area contributed by atoms with Crippen LogP contribution >= 0.6 is 11.3 Å². The van der Waals surface area contributed by atoms with Crippen molar-refractivity contribution >= 4 is 32.6 Å². The van der Waals surface area contributed by atoms with Crippen LogP contribution in [0.2, 0.25) is 0 Å². The van der Waals surface area contributed by atoms with Gasteiger partial charge in [-0.25, -0.2) is 14.1 Å². The molecule has 0 saturated carbocycles. The number of hydrogen-bond donors (Lipinski definition) is 3. The van der Waals surface area contributed by atoms with Gasteiger partial charge in [-0.1, -0.05) is 26.3 Å². The zero-order chi connectivity index (χ0) is 23.3. The highest BCUT2D eigenvalue weighted by Crippen LogP contribution is 2.37.